The number of phenols is 1. The molecule has 0 aromatic heterocycles. The molecule has 10 atom stereocenters. The van der Waals surface area contributed by atoms with Gasteiger partial charge < -0.3 is 65.3 Å². The topological polar surface area (TPSA) is 247 Å². The SMILES string of the molecule is O=C(O)c1ccc(O)cc1.OC[C@H]1O[C@H](O[C@H]2O[C@H](CO)[C@@H](O)[C@H](O)[C@H]2O)[C@H](O)[C@@H](O)[C@@H]1O. The van der Waals surface area contributed by atoms with Crippen molar-refractivity contribution in [3.05, 3.63) is 29.8 Å². The third-order valence-corrected chi connectivity index (χ3v) is 5.08. The average molecular weight is 480 g/mol. The molecule has 0 amide bonds. The zero-order chi connectivity index (χ0) is 24.9. The number of aromatic hydroxyl groups is 1. The number of phenolic OH excluding ortho intramolecular Hbond substituents is 1. The second kappa shape index (κ2) is 12.0. The zero-order valence-electron chi connectivity index (χ0n) is 17.1. The predicted octanol–water partition coefficient (Wildman–Crippen LogP) is -4.31. The molecule has 14 nitrogen and oxygen atoms in total. The van der Waals surface area contributed by atoms with Crippen molar-refractivity contribution in [3.8, 4) is 5.75 Å². The summed E-state index contributed by atoms with van der Waals surface area (Å²) in [5.74, 6) is -0.912. The van der Waals surface area contributed by atoms with E-state index in [9.17, 15) is 35.4 Å². The molecule has 2 aliphatic heterocycles. The summed E-state index contributed by atoms with van der Waals surface area (Å²) < 4.78 is 15.3. The quantitative estimate of drug-likeness (QED) is 0.192. The van der Waals surface area contributed by atoms with E-state index >= 15 is 0 Å². The monoisotopic (exact) mass is 480 g/mol. The lowest BCUT2D eigenvalue weighted by atomic mass is 9.98. The highest BCUT2D eigenvalue weighted by Crippen LogP contribution is 2.27. The molecule has 2 saturated heterocycles. The van der Waals surface area contributed by atoms with E-state index in [2.05, 4.69) is 0 Å². The van der Waals surface area contributed by atoms with Gasteiger partial charge in [0.05, 0.1) is 18.8 Å². The Morgan fingerprint density at radius 1 is 0.727 bits per heavy atom. The number of rotatable bonds is 5. The van der Waals surface area contributed by atoms with Gasteiger partial charge in [0, 0.05) is 0 Å². The fourth-order valence-corrected chi connectivity index (χ4v) is 3.10. The van der Waals surface area contributed by atoms with E-state index in [0.29, 0.717) is 0 Å². The predicted molar refractivity (Wildman–Crippen MR) is 104 cm³/mol. The second-order valence-corrected chi connectivity index (χ2v) is 7.38. The maximum absolute atomic E-state index is 10.2. The fraction of sp³-hybridized carbons (Fsp3) is 0.632. The van der Waals surface area contributed by atoms with Crippen LogP contribution in [0.2, 0.25) is 0 Å². The summed E-state index contributed by atoms with van der Waals surface area (Å²) in [4.78, 5) is 10.2. The zero-order valence-corrected chi connectivity index (χ0v) is 17.1. The Bertz CT molecular complexity index is 707. The molecular formula is C19H28O14. The van der Waals surface area contributed by atoms with Crippen LogP contribution in [0.15, 0.2) is 24.3 Å². The molecule has 2 fully saturated rings. The molecule has 1 aromatic rings. The number of carbonyl (C=O) groups is 1. The largest absolute Gasteiger partial charge is 0.508 e. The van der Waals surface area contributed by atoms with Crippen LogP contribution >= 0.6 is 0 Å². The Morgan fingerprint density at radius 2 is 1.12 bits per heavy atom. The molecule has 0 aliphatic carbocycles. The summed E-state index contributed by atoms with van der Waals surface area (Å²) in [5.41, 5.74) is 0.179. The van der Waals surface area contributed by atoms with E-state index in [1.54, 1.807) is 0 Å². The minimum absolute atomic E-state index is 0.0741. The number of aliphatic hydroxyl groups excluding tert-OH is 8. The Balaban J connectivity index is 0.000000321. The van der Waals surface area contributed by atoms with Gasteiger partial charge in [0.2, 0.25) is 0 Å². The summed E-state index contributed by atoms with van der Waals surface area (Å²) in [5, 5.41) is 93.6. The molecule has 2 heterocycles. The Labute approximate surface area is 187 Å². The summed E-state index contributed by atoms with van der Waals surface area (Å²) in [6.07, 6.45) is -15.6. The molecule has 0 spiro atoms. The maximum Gasteiger partial charge on any atom is 0.335 e. The van der Waals surface area contributed by atoms with Gasteiger partial charge in [-0.2, -0.15) is 0 Å². The van der Waals surface area contributed by atoms with Crippen LogP contribution in [0.3, 0.4) is 0 Å². The van der Waals surface area contributed by atoms with E-state index in [1.807, 2.05) is 0 Å². The third kappa shape index (κ3) is 6.56. The van der Waals surface area contributed by atoms with Gasteiger partial charge in [-0.15, -0.1) is 0 Å². The molecule has 33 heavy (non-hydrogen) atoms. The standard InChI is InChI=1S/C12H22O11.C7H6O3/c13-1-3-5(15)7(17)9(19)11(21-3)23-12-10(20)8(18)6(16)4(2-14)22-12;8-6-3-1-5(2-4-6)7(9)10/h3-20H,1-2H2;1-4,8H,(H,9,10)/t3-,4-,5-,6-,7+,8+,9-,10-,11-,12-;/m1./s1. The number of hydrogen-bond acceptors (Lipinski definition) is 13. The van der Waals surface area contributed by atoms with Crippen molar-refractivity contribution in [2.75, 3.05) is 13.2 Å². The molecule has 1 aromatic carbocycles. The molecule has 14 heteroatoms. The number of aliphatic hydroxyl groups is 8. The maximum atomic E-state index is 10.2. The van der Waals surface area contributed by atoms with Gasteiger partial charge in [-0.1, -0.05) is 0 Å². The lowest BCUT2D eigenvalue weighted by molar-refractivity contribution is -0.376. The average Bonchev–Trinajstić information content (AvgIpc) is 2.80. The van der Waals surface area contributed by atoms with Crippen molar-refractivity contribution in [1.29, 1.82) is 0 Å². The van der Waals surface area contributed by atoms with E-state index in [4.69, 9.17) is 34.6 Å². The number of carboxylic acids is 1. The second-order valence-electron chi connectivity index (χ2n) is 7.38. The number of aromatic carboxylic acids is 1. The van der Waals surface area contributed by atoms with Crippen LogP contribution in [0, 0.1) is 0 Å². The summed E-state index contributed by atoms with van der Waals surface area (Å²) >= 11 is 0. The van der Waals surface area contributed by atoms with E-state index in [0.717, 1.165) is 0 Å². The number of benzene rings is 1. The molecule has 10 N–H and O–H groups in total. The van der Waals surface area contributed by atoms with Gasteiger partial charge in [0.25, 0.3) is 0 Å². The molecular weight excluding hydrogens is 452 g/mol. The highest BCUT2D eigenvalue weighted by molar-refractivity contribution is 5.87. The van der Waals surface area contributed by atoms with Crippen LogP contribution in [0.25, 0.3) is 0 Å². The van der Waals surface area contributed by atoms with E-state index in [-0.39, 0.29) is 11.3 Å². The third-order valence-electron chi connectivity index (χ3n) is 5.08. The molecule has 0 radical (unpaired) electrons. The lowest BCUT2D eigenvalue weighted by Crippen LogP contribution is -2.63. The number of carboxylic acid groups (broad SMARTS) is 1. The van der Waals surface area contributed by atoms with Crippen molar-refractivity contribution in [1.82, 2.24) is 0 Å². The number of ether oxygens (including phenoxy) is 3. The van der Waals surface area contributed by atoms with Gasteiger partial charge in [-0.3, -0.25) is 0 Å². The van der Waals surface area contributed by atoms with E-state index in [1.165, 1.54) is 24.3 Å². The highest BCUT2D eigenvalue weighted by atomic mass is 16.8. The normalized spacial score (nSPS) is 38.8. The van der Waals surface area contributed by atoms with Gasteiger partial charge in [-0.05, 0) is 24.3 Å². The minimum Gasteiger partial charge on any atom is -0.508 e. The molecule has 0 bridgehead atoms. The molecule has 0 unspecified atom stereocenters. The first kappa shape index (κ1) is 27.3. The van der Waals surface area contributed by atoms with Gasteiger partial charge >= 0.3 is 5.97 Å². The van der Waals surface area contributed by atoms with Crippen LogP contribution in [0.4, 0.5) is 0 Å². The summed E-state index contributed by atoms with van der Waals surface area (Å²) in [6.45, 7) is -1.33. The summed E-state index contributed by atoms with van der Waals surface area (Å²) in [7, 11) is 0. The smallest absolute Gasteiger partial charge is 0.335 e. The first-order valence-electron chi connectivity index (χ1n) is 9.80. The van der Waals surface area contributed by atoms with E-state index < -0.39 is 80.6 Å². The van der Waals surface area contributed by atoms with Crippen LogP contribution < -0.4 is 0 Å². The fourth-order valence-electron chi connectivity index (χ4n) is 3.10. The minimum atomic E-state index is -1.72. The molecule has 188 valence electrons. The summed E-state index contributed by atoms with van der Waals surface area (Å²) in [6, 6.07) is 5.36. The van der Waals surface area contributed by atoms with Crippen molar-refractivity contribution in [3.63, 3.8) is 0 Å². The Kier molecular flexibility index (Phi) is 9.89. The van der Waals surface area contributed by atoms with Gasteiger partial charge in [0.15, 0.2) is 12.6 Å². The van der Waals surface area contributed by atoms with Crippen LogP contribution in [-0.4, -0.2) is 132 Å². The molecule has 2 aliphatic rings. The van der Waals surface area contributed by atoms with Gasteiger partial charge in [-0.25, -0.2) is 4.79 Å². The van der Waals surface area contributed by atoms with Crippen molar-refractivity contribution in [2.45, 2.75) is 61.4 Å². The van der Waals surface area contributed by atoms with Crippen molar-refractivity contribution < 1.29 is 70.1 Å². The number of hydrogen-bond donors (Lipinski definition) is 10. The van der Waals surface area contributed by atoms with Crippen molar-refractivity contribution >= 4 is 5.97 Å². The van der Waals surface area contributed by atoms with Crippen molar-refractivity contribution in [2.24, 2.45) is 0 Å². The van der Waals surface area contributed by atoms with Gasteiger partial charge in [0.1, 0.15) is 54.6 Å². The molecule has 0 saturated carbocycles. The Hall–Kier alpha value is -1.95. The lowest BCUT2D eigenvalue weighted by Gasteiger charge is -2.44. The van der Waals surface area contributed by atoms with Crippen LogP contribution in [0.1, 0.15) is 10.4 Å². The highest BCUT2D eigenvalue weighted by Gasteiger charge is 2.49. The Morgan fingerprint density at radius 3 is 1.45 bits per heavy atom. The first-order valence-corrected chi connectivity index (χ1v) is 9.80. The van der Waals surface area contributed by atoms with Crippen LogP contribution in [-0.2, 0) is 14.2 Å². The first-order chi connectivity index (χ1) is 15.5. The molecule has 3 rings (SSSR count). The van der Waals surface area contributed by atoms with Crippen LogP contribution in [0.5, 0.6) is 5.75 Å².